The van der Waals surface area contributed by atoms with Gasteiger partial charge < -0.3 is 14.9 Å². The van der Waals surface area contributed by atoms with Crippen LogP contribution in [-0.4, -0.2) is 43.0 Å². The van der Waals surface area contributed by atoms with Gasteiger partial charge >= 0.3 is 0 Å². The summed E-state index contributed by atoms with van der Waals surface area (Å²) in [6.07, 6.45) is 3.31. The predicted molar refractivity (Wildman–Crippen MR) is 61.1 cm³/mol. The molecule has 1 aliphatic rings. The Labute approximate surface area is 102 Å². The second-order valence-electron chi connectivity index (χ2n) is 4.27. The maximum Gasteiger partial charge on any atom is 0.258 e. The Morgan fingerprint density at radius 3 is 3.06 bits per heavy atom. The lowest BCUT2D eigenvalue weighted by atomic mass is 10.2. The number of aliphatic hydroxyl groups excluding tert-OH is 2. The molecule has 3 rings (SSSR count). The topological polar surface area (TPSA) is 89.0 Å². The molecule has 18 heavy (non-hydrogen) atoms. The van der Waals surface area contributed by atoms with Crippen LogP contribution in [0.2, 0.25) is 0 Å². The molecule has 1 aliphatic heterocycles. The van der Waals surface area contributed by atoms with Crippen molar-refractivity contribution in [3.05, 3.63) is 35.0 Å². The maximum atomic E-state index is 11.6. The summed E-state index contributed by atoms with van der Waals surface area (Å²) >= 11 is 0. The van der Waals surface area contributed by atoms with E-state index in [9.17, 15) is 9.90 Å². The van der Waals surface area contributed by atoms with E-state index in [1.165, 1.54) is 16.7 Å². The highest BCUT2D eigenvalue weighted by Crippen LogP contribution is 2.28. The van der Waals surface area contributed by atoms with Crippen LogP contribution in [0.1, 0.15) is 12.6 Å². The summed E-state index contributed by atoms with van der Waals surface area (Å²) in [5.41, 5.74) is -0.170. The van der Waals surface area contributed by atoms with Gasteiger partial charge in [-0.1, -0.05) is 0 Å². The first-order chi connectivity index (χ1) is 8.70. The van der Waals surface area contributed by atoms with Crippen molar-refractivity contribution in [2.45, 2.75) is 24.9 Å². The number of aliphatic hydroxyl groups is 2. The van der Waals surface area contributed by atoms with E-state index in [0.717, 1.165) is 0 Å². The first kappa shape index (κ1) is 11.4. The van der Waals surface area contributed by atoms with Gasteiger partial charge in [-0.3, -0.25) is 13.8 Å². The molecule has 0 aromatic carbocycles. The summed E-state index contributed by atoms with van der Waals surface area (Å²) in [7, 11) is 0. The molecule has 2 N–H and O–H groups in total. The van der Waals surface area contributed by atoms with Crippen molar-refractivity contribution in [3.8, 4) is 0 Å². The molecular formula is C11H13N3O4. The summed E-state index contributed by atoms with van der Waals surface area (Å²) in [4.78, 5) is 15.7. The van der Waals surface area contributed by atoms with Gasteiger partial charge in [0.15, 0.2) is 0 Å². The van der Waals surface area contributed by atoms with Crippen LogP contribution >= 0.6 is 0 Å². The van der Waals surface area contributed by atoms with Gasteiger partial charge in [-0.05, 0) is 0 Å². The van der Waals surface area contributed by atoms with Crippen molar-refractivity contribution >= 4 is 5.78 Å². The molecule has 0 bridgehead atoms. The second-order valence-corrected chi connectivity index (χ2v) is 4.27. The van der Waals surface area contributed by atoms with E-state index in [-0.39, 0.29) is 12.2 Å². The molecule has 0 aliphatic carbocycles. The van der Waals surface area contributed by atoms with Gasteiger partial charge in [-0.2, -0.15) is 0 Å². The number of fused-ring (bicyclic) bond motifs is 1. The quantitative estimate of drug-likeness (QED) is 0.724. The fourth-order valence-corrected chi connectivity index (χ4v) is 2.22. The zero-order valence-electron chi connectivity index (χ0n) is 9.51. The molecule has 0 amide bonds. The highest BCUT2D eigenvalue weighted by atomic mass is 16.5. The third-order valence-electron chi connectivity index (χ3n) is 3.16. The lowest BCUT2D eigenvalue weighted by Crippen LogP contribution is -2.24. The molecule has 7 heteroatoms. The minimum absolute atomic E-state index is 0.170. The molecule has 2 aromatic rings. The number of hydrogen-bond acceptors (Lipinski definition) is 5. The van der Waals surface area contributed by atoms with Crippen molar-refractivity contribution in [1.82, 2.24) is 14.0 Å². The highest BCUT2D eigenvalue weighted by Gasteiger charge is 2.34. The Morgan fingerprint density at radius 2 is 2.33 bits per heavy atom. The Hall–Kier alpha value is -1.70. The van der Waals surface area contributed by atoms with Crippen molar-refractivity contribution < 1.29 is 14.9 Å². The molecular weight excluding hydrogens is 238 g/mol. The van der Waals surface area contributed by atoms with Crippen LogP contribution in [0.5, 0.6) is 0 Å². The van der Waals surface area contributed by atoms with Crippen molar-refractivity contribution in [3.63, 3.8) is 0 Å². The number of nitrogens with zero attached hydrogens (tertiary/aromatic N) is 3. The number of ether oxygens (including phenoxy) is 1. The van der Waals surface area contributed by atoms with Gasteiger partial charge in [0.25, 0.3) is 5.56 Å². The Bertz CT molecular complexity index is 620. The third kappa shape index (κ3) is 1.64. The van der Waals surface area contributed by atoms with Crippen LogP contribution in [0.4, 0.5) is 0 Å². The second kappa shape index (κ2) is 4.20. The number of aromatic nitrogens is 3. The van der Waals surface area contributed by atoms with E-state index >= 15 is 0 Å². The van der Waals surface area contributed by atoms with Gasteiger partial charge in [-0.15, -0.1) is 0 Å². The Kier molecular flexibility index (Phi) is 2.66. The van der Waals surface area contributed by atoms with Crippen LogP contribution in [0.3, 0.4) is 0 Å². The Balaban J connectivity index is 2.03. The monoisotopic (exact) mass is 251 g/mol. The molecule has 0 unspecified atom stereocenters. The van der Waals surface area contributed by atoms with Crippen molar-refractivity contribution in [1.29, 1.82) is 0 Å². The SMILES string of the molecule is O=c1ccn([C@H]2C[C@H](O)[C@@H](CO)O2)c2nccn12. The fraction of sp³-hybridized carbons (Fsp3) is 0.455. The van der Waals surface area contributed by atoms with Crippen LogP contribution in [0.15, 0.2) is 29.5 Å². The molecule has 2 aromatic heterocycles. The largest absolute Gasteiger partial charge is 0.394 e. The average molecular weight is 251 g/mol. The van der Waals surface area contributed by atoms with E-state index < -0.39 is 18.4 Å². The first-order valence-corrected chi connectivity index (χ1v) is 5.69. The van der Waals surface area contributed by atoms with Gasteiger partial charge in [0.2, 0.25) is 5.78 Å². The first-order valence-electron chi connectivity index (χ1n) is 5.69. The fourth-order valence-electron chi connectivity index (χ4n) is 2.22. The summed E-state index contributed by atoms with van der Waals surface area (Å²) in [6, 6.07) is 1.41. The van der Waals surface area contributed by atoms with Crippen molar-refractivity contribution in [2.75, 3.05) is 6.61 Å². The number of imidazole rings is 1. The molecule has 3 heterocycles. The van der Waals surface area contributed by atoms with Gasteiger partial charge in [0, 0.05) is 31.1 Å². The minimum atomic E-state index is -0.713. The van der Waals surface area contributed by atoms with E-state index in [0.29, 0.717) is 12.2 Å². The molecule has 96 valence electrons. The molecule has 0 radical (unpaired) electrons. The van der Waals surface area contributed by atoms with Gasteiger partial charge in [0.05, 0.1) is 12.7 Å². The van der Waals surface area contributed by atoms with Crippen LogP contribution in [0.25, 0.3) is 5.78 Å². The number of hydrogen-bond donors (Lipinski definition) is 2. The highest BCUT2D eigenvalue weighted by molar-refractivity contribution is 5.29. The van der Waals surface area contributed by atoms with E-state index in [4.69, 9.17) is 9.84 Å². The molecule has 1 fully saturated rings. The van der Waals surface area contributed by atoms with Gasteiger partial charge in [-0.25, -0.2) is 4.98 Å². The normalized spacial score (nSPS) is 28.0. The Morgan fingerprint density at radius 1 is 1.50 bits per heavy atom. The van der Waals surface area contributed by atoms with Gasteiger partial charge in [0.1, 0.15) is 12.3 Å². The third-order valence-corrected chi connectivity index (χ3v) is 3.16. The summed E-state index contributed by atoms with van der Waals surface area (Å²) in [6.45, 7) is -0.234. The average Bonchev–Trinajstić information content (AvgIpc) is 2.96. The van der Waals surface area contributed by atoms with E-state index in [1.54, 1.807) is 17.0 Å². The van der Waals surface area contributed by atoms with Crippen LogP contribution in [-0.2, 0) is 4.74 Å². The van der Waals surface area contributed by atoms with E-state index in [2.05, 4.69) is 4.98 Å². The van der Waals surface area contributed by atoms with Crippen molar-refractivity contribution in [2.24, 2.45) is 0 Å². The maximum absolute atomic E-state index is 11.6. The molecule has 1 saturated heterocycles. The number of rotatable bonds is 2. The summed E-state index contributed by atoms with van der Waals surface area (Å²) in [5.74, 6) is 0.457. The summed E-state index contributed by atoms with van der Waals surface area (Å²) < 4.78 is 8.62. The smallest absolute Gasteiger partial charge is 0.258 e. The van der Waals surface area contributed by atoms with E-state index in [1.807, 2.05) is 0 Å². The minimum Gasteiger partial charge on any atom is -0.394 e. The molecule has 0 spiro atoms. The van der Waals surface area contributed by atoms with Crippen LogP contribution in [0, 0.1) is 0 Å². The molecule has 7 nitrogen and oxygen atoms in total. The lowest BCUT2D eigenvalue weighted by Gasteiger charge is -2.16. The zero-order chi connectivity index (χ0) is 12.7. The molecule has 0 saturated carbocycles. The standard InChI is InChI=1S/C11H13N3O4/c15-6-8-7(16)5-10(18-8)14-3-1-9(17)13-4-2-12-11(13)14/h1-4,7-8,10,15-16H,5-6H2/t7-,8+,10+/m0/s1. The zero-order valence-corrected chi connectivity index (χ0v) is 9.51. The summed E-state index contributed by atoms with van der Waals surface area (Å²) in [5, 5.41) is 18.8. The lowest BCUT2D eigenvalue weighted by molar-refractivity contribution is -0.0435. The predicted octanol–water partition coefficient (Wildman–Crippen LogP) is -0.863. The van der Waals surface area contributed by atoms with Crippen LogP contribution < -0.4 is 5.56 Å². The molecule has 3 atom stereocenters.